The molecule has 0 amide bonds. The van der Waals surface area contributed by atoms with Crippen LogP contribution >= 0.6 is 0 Å². The molecule has 1 aromatic rings. The third kappa shape index (κ3) is 1.28. The standard InChI is InChI=1S/C9H12N2O/c12-8-2-1-4-11-9(8)7-3-5-10-6-7/h1-2,4,7,10,12H,3,5-6H2. The molecule has 1 aliphatic heterocycles. The Morgan fingerprint density at radius 1 is 1.58 bits per heavy atom. The third-order valence-corrected chi connectivity index (χ3v) is 2.26. The largest absolute Gasteiger partial charge is 0.506 e. The summed E-state index contributed by atoms with van der Waals surface area (Å²) in [6.07, 6.45) is 2.80. The monoisotopic (exact) mass is 164 g/mol. The molecule has 2 rings (SSSR count). The molecule has 0 bridgehead atoms. The summed E-state index contributed by atoms with van der Waals surface area (Å²) in [5.41, 5.74) is 0.836. The van der Waals surface area contributed by atoms with Crippen molar-refractivity contribution >= 4 is 0 Å². The number of pyridine rings is 1. The van der Waals surface area contributed by atoms with E-state index < -0.39 is 0 Å². The predicted molar refractivity (Wildman–Crippen MR) is 46.1 cm³/mol. The molecular formula is C9H12N2O. The average molecular weight is 164 g/mol. The lowest BCUT2D eigenvalue weighted by Gasteiger charge is -2.08. The number of nitrogens with zero attached hydrogens (tertiary/aromatic N) is 1. The minimum Gasteiger partial charge on any atom is -0.506 e. The van der Waals surface area contributed by atoms with Crippen LogP contribution in [0.5, 0.6) is 5.75 Å². The van der Waals surface area contributed by atoms with E-state index in [-0.39, 0.29) is 0 Å². The molecule has 3 nitrogen and oxygen atoms in total. The van der Waals surface area contributed by atoms with Crippen LogP contribution in [0, 0.1) is 0 Å². The second-order valence-corrected chi connectivity index (χ2v) is 3.10. The molecule has 3 heteroatoms. The third-order valence-electron chi connectivity index (χ3n) is 2.26. The van der Waals surface area contributed by atoms with Gasteiger partial charge in [-0.2, -0.15) is 0 Å². The number of nitrogens with one attached hydrogen (secondary N) is 1. The van der Waals surface area contributed by atoms with Crippen molar-refractivity contribution in [3.05, 3.63) is 24.0 Å². The highest BCUT2D eigenvalue weighted by Gasteiger charge is 2.20. The number of hydrogen-bond donors (Lipinski definition) is 2. The molecule has 1 atom stereocenters. The summed E-state index contributed by atoms with van der Waals surface area (Å²) >= 11 is 0. The molecular weight excluding hydrogens is 152 g/mol. The maximum atomic E-state index is 9.48. The molecule has 0 radical (unpaired) electrons. The Bertz CT molecular complexity index is 269. The van der Waals surface area contributed by atoms with E-state index in [2.05, 4.69) is 10.3 Å². The molecule has 1 aliphatic rings. The van der Waals surface area contributed by atoms with Gasteiger partial charge in [-0.1, -0.05) is 0 Å². The lowest BCUT2D eigenvalue weighted by atomic mass is 10.0. The normalized spacial score (nSPS) is 22.8. The van der Waals surface area contributed by atoms with Crippen LogP contribution in [0.3, 0.4) is 0 Å². The van der Waals surface area contributed by atoms with Crippen LogP contribution in [0.15, 0.2) is 18.3 Å². The SMILES string of the molecule is Oc1cccnc1C1CCNC1. The fourth-order valence-electron chi connectivity index (χ4n) is 1.61. The van der Waals surface area contributed by atoms with Crippen LogP contribution in [0.4, 0.5) is 0 Å². The second-order valence-electron chi connectivity index (χ2n) is 3.10. The van der Waals surface area contributed by atoms with Gasteiger partial charge >= 0.3 is 0 Å². The van der Waals surface area contributed by atoms with Gasteiger partial charge in [0.2, 0.25) is 0 Å². The van der Waals surface area contributed by atoms with Crippen molar-refractivity contribution in [2.45, 2.75) is 12.3 Å². The zero-order valence-corrected chi connectivity index (χ0v) is 6.83. The summed E-state index contributed by atoms with van der Waals surface area (Å²) in [5, 5.41) is 12.7. The average Bonchev–Trinajstić information content (AvgIpc) is 2.57. The van der Waals surface area contributed by atoms with Crippen molar-refractivity contribution in [1.82, 2.24) is 10.3 Å². The van der Waals surface area contributed by atoms with Crippen LogP contribution in [0.2, 0.25) is 0 Å². The lowest BCUT2D eigenvalue weighted by molar-refractivity contribution is 0.457. The van der Waals surface area contributed by atoms with Gasteiger partial charge in [-0.05, 0) is 25.1 Å². The molecule has 1 unspecified atom stereocenters. The molecule has 64 valence electrons. The number of aromatic hydroxyl groups is 1. The highest BCUT2D eigenvalue weighted by atomic mass is 16.3. The van der Waals surface area contributed by atoms with Gasteiger partial charge in [-0.25, -0.2) is 0 Å². The molecule has 12 heavy (non-hydrogen) atoms. The minimum absolute atomic E-state index is 0.325. The summed E-state index contributed by atoms with van der Waals surface area (Å²) in [6.45, 7) is 1.96. The quantitative estimate of drug-likeness (QED) is 0.647. The molecule has 2 heterocycles. The molecule has 0 aliphatic carbocycles. The lowest BCUT2D eigenvalue weighted by Crippen LogP contribution is -2.08. The van der Waals surface area contributed by atoms with E-state index in [1.807, 2.05) is 0 Å². The van der Waals surface area contributed by atoms with Gasteiger partial charge in [-0.3, -0.25) is 4.98 Å². The zero-order chi connectivity index (χ0) is 8.39. The summed E-state index contributed by atoms with van der Waals surface area (Å²) in [6, 6.07) is 3.45. The molecule has 0 saturated carbocycles. The van der Waals surface area contributed by atoms with Crippen molar-refractivity contribution in [2.24, 2.45) is 0 Å². The van der Waals surface area contributed by atoms with Gasteiger partial charge in [0.1, 0.15) is 5.75 Å². The molecule has 1 fully saturated rings. The van der Waals surface area contributed by atoms with Gasteiger partial charge in [0, 0.05) is 18.7 Å². The van der Waals surface area contributed by atoms with Crippen molar-refractivity contribution in [2.75, 3.05) is 13.1 Å². The first-order valence-corrected chi connectivity index (χ1v) is 4.22. The Hall–Kier alpha value is -1.09. The van der Waals surface area contributed by atoms with Gasteiger partial charge in [0.25, 0.3) is 0 Å². The van der Waals surface area contributed by atoms with Crippen LogP contribution < -0.4 is 5.32 Å². The summed E-state index contributed by atoms with van der Waals surface area (Å²) < 4.78 is 0. The number of aromatic nitrogens is 1. The second kappa shape index (κ2) is 3.11. The van der Waals surface area contributed by atoms with E-state index in [0.29, 0.717) is 11.7 Å². The molecule has 0 aromatic carbocycles. The summed E-state index contributed by atoms with van der Waals surface area (Å²) in [4.78, 5) is 4.17. The molecule has 1 aromatic heterocycles. The molecule has 1 saturated heterocycles. The maximum Gasteiger partial charge on any atom is 0.137 e. The van der Waals surface area contributed by atoms with Gasteiger partial charge < -0.3 is 10.4 Å². The molecule has 0 spiro atoms. The van der Waals surface area contributed by atoms with E-state index >= 15 is 0 Å². The van der Waals surface area contributed by atoms with Crippen molar-refractivity contribution in [1.29, 1.82) is 0 Å². The first-order valence-electron chi connectivity index (χ1n) is 4.22. The highest BCUT2D eigenvalue weighted by Crippen LogP contribution is 2.26. The first-order chi connectivity index (χ1) is 5.88. The summed E-state index contributed by atoms with van der Waals surface area (Å²) in [5.74, 6) is 0.720. The van der Waals surface area contributed by atoms with Gasteiger partial charge in [-0.15, -0.1) is 0 Å². The van der Waals surface area contributed by atoms with Crippen molar-refractivity contribution < 1.29 is 5.11 Å². The fraction of sp³-hybridized carbons (Fsp3) is 0.444. The Morgan fingerprint density at radius 3 is 3.17 bits per heavy atom. The van der Waals surface area contributed by atoms with Crippen LogP contribution in [0.25, 0.3) is 0 Å². The predicted octanol–water partition coefficient (Wildman–Crippen LogP) is 0.864. The topological polar surface area (TPSA) is 45.2 Å². The van der Waals surface area contributed by atoms with E-state index in [9.17, 15) is 5.11 Å². The Labute approximate surface area is 71.4 Å². The van der Waals surface area contributed by atoms with E-state index in [0.717, 1.165) is 25.2 Å². The van der Waals surface area contributed by atoms with Crippen molar-refractivity contribution in [3.8, 4) is 5.75 Å². The maximum absolute atomic E-state index is 9.48. The van der Waals surface area contributed by atoms with E-state index in [4.69, 9.17) is 0 Å². The van der Waals surface area contributed by atoms with Crippen LogP contribution in [-0.4, -0.2) is 23.2 Å². The fourth-order valence-corrected chi connectivity index (χ4v) is 1.61. The minimum atomic E-state index is 0.325. The van der Waals surface area contributed by atoms with Crippen LogP contribution in [0.1, 0.15) is 18.0 Å². The Kier molecular flexibility index (Phi) is 1.96. The smallest absolute Gasteiger partial charge is 0.137 e. The zero-order valence-electron chi connectivity index (χ0n) is 6.83. The number of hydrogen-bond acceptors (Lipinski definition) is 3. The van der Waals surface area contributed by atoms with Crippen LogP contribution in [-0.2, 0) is 0 Å². The van der Waals surface area contributed by atoms with E-state index in [1.54, 1.807) is 18.3 Å². The van der Waals surface area contributed by atoms with E-state index in [1.165, 1.54) is 0 Å². The first kappa shape index (κ1) is 7.55. The van der Waals surface area contributed by atoms with Gasteiger partial charge in [0.05, 0.1) is 5.69 Å². The summed E-state index contributed by atoms with van der Waals surface area (Å²) in [7, 11) is 0. The number of rotatable bonds is 1. The van der Waals surface area contributed by atoms with Gasteiger partial charge in [0.15, 0.2) is 0 Å². The molecule has 2 N–H and O–H groups in total. The highest BCUT2D eigenvalue weighted by molar-refractivity contribution is 5.29. The van der Waals surface area contributed by atoms with Crippen molar-refractivity contribution in [3.63, 3.8) is 0 Å². The Morgan fingerprint density at radius 2 is 2.50 bits per heavy atom. The Balaban J connectivity index is 2.26.